The fourth-order valence-electron chi connectivity index (χ4n) is 5.83. The van der Waals surface area contributed by atoms with Crippen LogP contribution in [0.3, 0.4) is 0 Å². The number of esters is 1. The zero-order valence-electron chi connectivity index (χ0n) is 23.6. The predicted molar refractivity (Wildman–Crippen MR) is 151 cm³/mol. The van der Waals surface area contributed by atoms with E-state index in [1.165, 1.54) is 0 Å². The van der Waals surface area contributed by atoms with E-state index in [1.54, 1.807) is 21.3 Å². The molecule has 1 fully saturated rings. The Balaban J connectivity index is 1.80. The summed E-state index contributed by atoms with van der Waals surface area (Å²) in [6.07, 6.45) is -0.231. The fraction of sp³-hybridized carbons (Fsp3) is 0.452. The van der Waals surface area contributed by atoms with Gasteiger partial charge in [0.25, 0.3) is 0 Å². The highest BCUT2D eigenvalue weighted by Crippen LogP contribution is 2.57. The molecule has 0 unspecified atom stereocenters. The summed E-state index contributed by atoms with van der Waals surface area (Å²) in [4.78, 5) is 13.5. The van der Waals surface area contributed by atoms with Crippen LogP contribution >= 0.6 is 0 Å². The maximum atomic E-state index is 13.5. The second-order valence-electron chi connectivity index (χ2n) is 11.8. The second kappa shape index (κ2) is 9.61. The number of fused-ring (bicyclic) bond motifs is 4. The molecule has 0 bridgehead atoms. The molecule has 0 spiro atoms. The van der Waals surface area contributed by atoms with E-state index in [9.17, 15) is 4.79 Å². The summed E-state index contributed by atoms with van der Waals surface area (Å²) in [5.41, 5.74) is 3.17. The van der Waals surface area contributed by atoms with Crippen LogP contribution in [-0.2, 0) is 14.0 Å². The highest BCUT2D eigenvalue weighted by molar-refractivity contribution is 6.74. The van der Waals surface area contributed by atoms with E-state index in [0.29, 0.717) is 23.9 Å². The highest BCUT2D eigenvalue weighted by atomic mass is 28.4. The lowest BCUT2D eigenvalue weighted by molar-refractivity contribution is -0.141. The van der Waals surface area contributed by atoms with E-state index >= 15 is 0 Å². The number of carbonyl (C=O) groups excluding carboxylic acids is 1. The molecule has 3 aromatic rings. The monoisotopic (exact) mass is 534 g/mol. The maximum Gasteiger partial charge on any atom is 0.310 e. The molecule has 0 N–H and O–H groups in total. The van der Waals surface area contributed by atoms with Crippen molar-refractivity contribution >= 4 is 25.1 Å². The standard InChI is InChI=1S/C31H38O6Si/c1-31(2,3)38(7,8)37-28-21-14-13-18-11-9-10-12-20(18)26(21)25(27-22(28)17-36-30(27)32)19-15-23(33-4)29(35-6)24(16-19)34-5/h9-16,22,25,27-28H,17H2,1-8H3/t22-,25+,27-,28-/m0/s1. The van der Waals surface area contributed by atoms with Crippen molar-refractivity contribution in [2.45, 2.75) is 50.9 Å². The summed E-state index contributed by atoms with van der Waals surface area (Å²) in [6, 6.07) is 16.7. The number of cyclic esters (lactones) is 1. The van der Waals surface area contributed by atoms with Crippen LogP contribution in [-0.4, -0.2) is 42.2 Å². The van der Waals surface area contributed by atoms with E-state index in [-0.39, 0.29) is 28.9 Å². The lowest BCUT2D eigenvalue weighted by atomic mass is 9.65. The third-order valence-electron chi connectivity index (χ3n) is 8.80. The van der Waals surface area contributed by atoms with Gasteiger partial charge in [0.15, 0.2) is 19.8 Å². The van der Waals surface area contributed by atoms with Gasteiger partial charge in [0.1, 0.15) is 0 Å². The van der Waals surface area contributed by atoms with Crippen LogP contribution in [0.1, 0.15) is 49.5 Å². The van der Waals surface area contributed by atoms with Crippen molar-refractivity contribution in [2.24, 2.45) is 11.8 Å². The number of hydrogen-bond donors (Lipinski definition) is 0. The summed E-state index contributed by atoms with van der Waals surface area (Å²) < 4.78 is 29.9. The van der Waals surface area contributed by atoms with Crippen molar-refractivity contribution in [1.82, 2.24) is 0 Å². The van der Waals surface area contributed by atoms with Crippen molar-refractivity contribution in [3.63, 3.8) is 0 Å². The van der Waals surface area contributed by atoms with Crippen molar-refractivity contribution in [3.8, 4) is 17.2 Å². The van der Waals surface area contributed by atoms with Gasteiger partial charge in [-0.2, -0.15) is 0 Å². The molecule has 1 aliphatic heterocycles. The molecular formula is C31H38O6Si. The van der Waals surface area contributed by atoms with Crippen LogP contribution < -0.4 is 14.2 Å². The van der Waals surface area contributed by atoms with Crippen molar-refractivity contribution < 1.29 is 28.2 Å². The predicted octanol–water partition coefficient (Wildman–Crippen LogP) is 6.86. The lowest BCUT2D eigenvalue weighted by Gasteiger charge is -2.45. The van der Waals surface area contributed by atoms with Gasteiger partial charge in [0.05, 0.1) is 40.0 Å². The summed E-state index contributed by atoms with van der Waals surface area (Å²) in [7, 11) is 2.64. The van der Waals surface area contributed by atoms with Gasteiger partial charge in [-0.05, 0) is 57.7 Å². The average molecular weight is 535 g/mol. The van der Waals surface area contributed by atoms with E-state index in [4.69, 9.17) is 23.4 Å². The van der Waals surface area contributed by atoms with Gasteiger partial charge in [-0.3, -0.25) is 4.79 Å². The summed E-state index contributed by atoms with van der Waals surface area (Å²) >= 11 is 0. The van der Waals surface area contributed by atoms with E-state index in [1.807, 2.05) is 18.2 Å². The molecule has 2 aliphatic rings. The minimum Gasteiger partial charge on any atom is -0.493 e. The first-order valence-electron chi connectivity index (χ1n) is 13.2. The van der Waals surface area contributed by atoms with Gasteiger partial charge in [-0.25, -0.2) is 0 Å². The van der Waals surface area contributed by atoms with Crippen molar-refractivity contribution in [2.75, 3.05) is 27.9 Å². The van der Waals surface area contributed by atoms with Gasteiger partial charge >= 0.3 is 5.97 Å². The van der Waals surface area contributed by atoms with Crippen LogP contribution in [0.5, 0.6) is 17.2 Å². The van der Waals surface area contributed by atoms with Gasteiger partial charge in [0.2, 0.25) is 5.75 Å². The zero-order chi connectivity index (χ0) is 27.4. The normalized spacial score (nSPS) is 23.0. The molecule has 0 radical (unpaired) electrons. The molecule has 7 heteroatoms. The highest BCUT2D eigenvalue weighted by Gasteiger charge is 2.55. The van der Waals surface area contributed by atoms with Crippen molar-refractivity contribution in [3.05, 3.63) is 65.2 Å². The van der Waals surface area contributed by atoms with Gasteiger partial charge in [0, 0.05) is 11.8 Å². The Morgan fingerprint density at radius 3 is 2.18 bits per heavy atom. The quantitative estimate of drug-likeness (QED) is 0.254. The minimum absolute atomic E-state index is 0.0243. The van der Waals surface area contributed by atoms with E-state index in [2.05, 4.69) is 64.2 Å². The molecular weight excluding hydrogens is 496 g/mol. The Hall–Kier alpha value is -3.03. The Labute approximate surface area is 226 Å². The number of carbonyl (C=O) groups is 1. The van der Waals surface area contributed by atoms with Crippen LogP contribution in [0.15, 0.2) is 48.5 Å². The molecule has 0 aromatic heterocycles. The molecule has 202 valence electrons. The Bertz CT molecular complexity index is 1350. The molecule has 1 saturated heterocycles. The third kappa shape index (κ3) is 4.16. The zero-order valence-corrected chi connectivity index (χ0v) is 24.6. The SMILES string of the molecule is COc1cc([C@@H]2c3c(ccc4ccccc34)[C@H](O[Si](C)(C)C(C)(C)C)[C@H]3COC(=O)[C@H]23)cc(OC)c1OC. The third-order valence-corrected chi connectivity index (χ3v) is 13.3. The van der Waals surface area contributed by atoms with E-state index < -0.39 is 14.2 Å². The molecule has 5 rings (SSSR count). The summed E-state index contributed by atoms with van der Waals surface area (Å²) in [5.74, 6) is 0.704. The first-order chi connectivity index (χ1) is 18.0. The maximum absolute atomic E-state index is 13.5. The first-order valence-corrected chi connectivity index (χ1v) is 16.1. The van der Waals surface area contributed by atoms with Gasteiger partial charge in [-0.1, -0.05) is 57.2 Å². The lowest BCUT2D eigenvalue weighted by Crippen LogP contribution is -2.46. The first kappa shape index (κ1) is 26.6. The topological polar surface area (TPSA) is 63.2 Å². The Morgan fingerprint density at radius 1 is 0.921 bits per heavy atom. The van der Waals surface area contributed by atoms with Crippen LogP contribution in [0.4, 0.5) is 0 Å². The number of hydrogen-bond acceptors (Lipinski definition) is 6. The molecule has 1 heterocycles. The largest absolute Gasteiger partial charge is 0.493 e. The second-order valence-corrected chi connectivity index (χ2v) is 16.6. The minimum atomic E-state index is -2.18. The van der Waals surface area contributed by atoms with Crippen LogP contribution in [0.2, 0.25) is 18.1 Å². The van der Waals surface area contributed by atoms with Crippen LogP contribution in [0.25, 0.3) is 10.8 Å². The summed E-state index contributed by atoms with van der Waals surface area (Å²) in [5, 5.41) is 2.27. The van der Waals surface area contributed by atoms with Gasteiger partial charge < -0.3 is 23.4 Å². The molecule has 6 nitrogen and oxygen atoms in total. The summed E-state index contributed by atoms with van der Waals surface area (Å²) in [6.45, 7) is 11.6. The molecule has 0 saturated carbocycles. The van der Waals surface area contributed by atoms with Crippen molar-refractivity contribution in [1.29, 1.82) is 0 Å². The molecule has 4 atom stereocenters. The molecule has 3 aromatic carbocycles. The fourth-order valence-corrected chi connectivity index (χ4v) is 7.12. The number of rotatable bonds is 6. The van der Waals surface area contributed by atoms with Crippen LogP contribution in [0, 0.1) is 11.8 Å². The Morgan fingerprint density at radius 2 is 1.58 bits per heavy atom. The number of methoxy groups -OCH3 is 3. The molecule has 38 heavy (non-hydrogen) atoms. The smallest absolute Gasteiger partial charge is 0.310 e. The Kier molecular flexibility index (Phi) is 6.72. The van der Waals surface area contributed by atoms with E-state index in [0.717, 1.165) is 27.5 Å². The number of ether oxygens (including phenoxy) is 4. The molecule has 0 amide bonds. The molecule has 1 aliphatic carbocycles. The van der Waals surface area contributed by atoms with Gasteiger partial charge in [-0.15, -0.1) is 0 Å². The average Bonchev–Trinajstić information content (AvgIpc) is 3.28. The number of benzene rings is 3.